The van der Waals surface area contributed by atoms with Gasteiger partial charge in [0.2, 0.25) is 0 Å². The van der Waals surface area contributed by atoms with Gasteiger partial charge in [-0.25, -0.2) is 0 Å². The van der Waals surface area contributed by atoms with Gasteiger partial charge in [-0.15, -0.1) is 11.6 Å². The van der Waals surface area contributed by atoms with Crippen LogP contribution in [0.2, 0.25) is 0 Å². The summed E-state index contributed by atoms with van der Waals surface area (Å²) < 4.78 is 10.8. The molecule has 0 aromatic carbocycles. The average Bonchev–Trinajstić information content (AvgIpc) is 2.46. The molecule has 0 aromatic heterocycles. The molecule has 0 radical (unpaired) electrons. The second-order valence-corrected chi connectivity index (χ2v) is 5.32. The predicted molar refractivity (Wildman–Crippen MR) is 73.1 cm³/mol. The van der Waals surface area contributed by atoms with Crippen LogP contribution in [-0.4, -0.2) is 24.4 Å². The van der Waals surface area contributed by atoms with Crippen LogP contribution < -0.4 is 0 Å². The van der Waals surface area contributed by atoms with E-state index in [4.69, 9.17) is 67.5 Å². The molecule has 0 bridgehead atoms. The van der Waals surface area contributed by atoms with Gasteiger partial charge in [-0.1, -0.05) is 46.4 Å². The molecule has 0 saturated carbocycles. The van der Waals surface area contributed by atoms with Gasteiger partial charge in [0.15, 0.2) is 11.2 Å². The van der Waals surface area contributed by atoms with Gasteiger partial charge in [-0.05, 0) is 13.8 Å². The average molecular weight is 340 g/mol. The van der Waals surface area contributed by atoms with Crippen molar-refractivity contribution in [3.8, 4) is 0 Å². The Bertz CT molecular complexity index is 334. The van der Waals surface area contributed by atoms with Crippen LogP contribution >= 0.6 is 58.0 Å². The summed E-state index contributed by atoms with van der Waals surface area (Å²) in [6.45, 7) is 4.39. The maximum atomic E-state index is 6.39. The minimum Gasteiger partial charge on any atom is -0.350 e. The molecule has 1 rings (SSSR count). The van der Waals surface area contributed by atoms with Gasteiger partial charge >= 0.3 is 0 Å². The summed E-state index contributed by atoms with van der Waals surface area (Å²) in [4.78, 5) is -1.37. The molecule has 0 unspecified atom stereocenters. The first kappa shape index (κ1) is 15.9. The Morgan fingerprint density at radius 2 is 1.29 bits per heavy atom. The minimum atomic E-state index is -1.37. The van der Waals surface area contributed by atoms with Gasteiger partial charge in [-0.2, -0.15) is 0 Å². The van der Waals surface area contributed by atoms with Crippen LogP contribution in [0.5, 0.6) is 0 Å². The predicted octanol–water partition coefficient (Wildman–Crippen LogP) is 4.76. The molecule has 1 aliphatic carbocycles. The van der Waals surface area contributed by atoms with Crippen molar-refractivity contribution < 1.29 is 9.47 Å². The Hall–Kier alpha value is 0.850. The zero-order valence-corrected chi connectivity index (χ0v) is 13.0. The van der Waals surface area contributed by atoms with Gasteiger partial charge in [0.1, 0.15) is 0 Å². The Balaban J connectivity index is 3.16. The summed E-state index contributed by atoms with van der Waals surface area (Å²) >= 11 is 30.4. The first-order valence-corrected chi connectivity index (χ1v) is 6.84. The summed E-state index contributed by atoms with van der Waals surface area (Å²) in [6.07, 6.45) is -0.843. The van der Waals surface area contributed by atoms with Crippen LogP contribution in [0, 0.1) is 0 Å². The van der Waals surface area contributed by atoms with E-state index >= 15 is 0 Å². The fourth-order valence-electron chi connectivity index (χ4n) is 1.40. The molecule has 17 heavy (non-hydrogen) atoms. The van der Waals surface area contributed by atoms with Crippen LogP contribution in [0.3, 0.4) is 0 Å². The van der Waals surface area contributed by atoms with E-state index in [-0.39, 0.29) is 20.1 Å². The van der Waals surface area contributed by atoms with E-state index in [1.54, 1.807) is 13.8 Å². The number of hydrogen-bond donors (Lipinski definition) is 0. The summed E-state index contributed by atoms with van der Waals surface area (Å²) in [5.74, 6) is 0. The zero-order valence-electron chi connectivity index (χ0n) is 9.20. The molecule has 1 aliphatic rings. The van der Waals surface area contributed by atoms with E-state index in [0.717, 1.165) is 0 Å². The summed E-state index contributed by atoms with van der Waals surface area (Å²) in [7, 11) is 0. The zero-order chi connectivity index (χ0) is 13.2. The van der Waals surface area contributed by atoms with Crippen molar-refractivity contribution in [2.45, 2.75) is 25.0 Å². The van der Waals surface area contributed by atoms with Crippen molar-refractivity contribution in [1.82, 2.24) is 0 Å². The quantitative estimate of drug-likeness (QED) is 0.531. The van der Waals surface area contributed by atoms with Crippen LogP contribution in [0.25, 0.3) is 0 Å². The van der Waals surface area contributed by atoms with Crippen LogP contribution in [0.15, 0.2) is 20.1 Å². The Morgan fingerprint density at radius 3 is 1.59 bits per heavy atom. The van der Waals surface area contributed by atoms with Gasteiger partial charge in [0, 0.05) is 13.2 Å². The largest absolute Gasteiger partial charge is 0.350 e. The number of hydrogen-bond acceptors (Lipinski definition) is 2. The highest BCUT2D eigenvalue weighted by Crippen LogP contribution is 2.54. The molecular weight excluding hydrogens is 329 g/mol. The number of rotatable bonds is 5. The summed E-state index contributed by atoms with van der Waals surface area (Å²) in [5.41, 5.74) is 0. The van der Waals surface area contributed by atoms with Gasteiger partial charge in [0.05, 0.1) is 20.1 Å². The number of ether oxygens (including phenoxy) is 2. The molecule has 0 atom stereocenters. The molecular formula is C10H11Cl5O2. The van der Waals surface area contributed by atoms with Gasteiger partial charge < -0.3 is 9.47 Å². The Labute approximate surface area is 125 Å². The highest BCUT2D eigenvalue weighted by Gasteiger charge is 2.51. The minimum absolute atomic E-state index is 0.114. The third-order valence-corrected chi connectivity index (χ3v) is 4.95. The highest BCUT2D eigenvalue weighted by molar-refractivity contribution is 6.58. The number of halogens is 5. The van der Waals surface area contributed by atoms with E-state index in [1.807, 2.05) is 0 Å². The van der Waals surface area contributed by atoms with Gasteiger partial charge in [0.25, 0.3) is 0 Å². The standard InChI is InChI=1S/C10H11Cl5O2/c1-3-16-9(17-4-2)10(15)7(13)5(11)6(12)8(10)14/h9H,3-4H2,1-2H3. The van der Waals surface area contributed by atoms with E-state index in [1.165, 1.54) is 0 Å². The first-order chi connectivity index (χ1) is 7.91. The van der Waals surface area contributed by atoms with E-state index < -0.39 is 11.2 Å². The lowest BCUT2D eigenvalue weighted by atomic mass is 10.1. The van der Waals surface area contributed by atoms with Crippen LogP contribution in [0.4, 0.5) is 0 Å². The lowest BCUT2D eigenvalue weighted by molar-refractivity contribution is -0.143. The summed E-state index contributed by atoms with van der Waals surface area (Å²) in [5, 5.41) is 0.473. The molecule has 0 spiro atoms. The lowest BCUT2D eigenvalue weighted by Gasteiger charge is -2.31. The summed E-state index contributed by atoms with van der Waals surface area (Å²) in [6, 6.07) is 0. The molecule has 7 heteroatoms. The molecule has 0 fully saturated rings. The van der Waals surface area contributed by atoms with Crippen molar-refractivity contribution in [1.29, 1.82) is 0 Å². The maximum Gasteiger partial charge on any atom is 0.186 e. The molecule has 0 amide bonds. The van der Waals surface area contributed by atoms with Crippen molar-refractivity contribution >= 4 is 58.0 Å². The topological polar surface area (TPSA) is 18.5 Å². The van der Waals surface area contributed by atoms with E-state index in [0.29, 0.717) is 13.2 Å². The highest BCUT2D eigenvalue weighted by atomic mass is 35.5. The molecule has 0 aliphatic heterocycles. The normalized spacial score (nSPS) is 19.8. The second-order valence-electron chi connectivity index (χ2n) is 3.21. The van der Waals surface area contributed by atoms with Crippen molar-refractivity contribution in [2.24, 2.45) is 0 Å². The molecule has 0 aromatic rings. The Morgan fingerprint density at radius 1 is 0.941 bits per heavy atom. The van der Waals surface area contributed by atoms with Crippen molar-refractivity contribution in [3.63, 3.8) is 0 Å². The molecule has 0 saturated heterocycles. The third-order valence-electron chi connectivity index (χ3n) is 2.18. The maximum absolute atomic E-state index is 6.39. The fraction of sp³-hybridized carbons (Fsp3) is 0.600. The lowest BCUT2D eigenvalue weighted by Crippen LogP contribution is -2.41. The van der Waals surface area contributed by atoms with Crippen LogP contribution in [0.1, 0.15) is 13.8 Å². The van der Waals surface area contributed by atoms with Crippen molar-refractivity contribution in [2.75, 3.05) is 13.2 Å². The monoisotopic (exact) mass is 338 g/mol. The smallest absolute Gasteiger partial charge is 0.186 e. The molecule has 0 heterocycles. The first-order valence-electron chi connectivity index (χ1n) is 4.95. The number of allylic oxidation sites excluding steroid dienone is 2. The number of alkyl halides is 1. The third kappa shape index (κ3) is 2.74. The van der Waals surface area contributed by atoms with E-state index in [2.05, 4.69) is 0 Å². The van der Waals surface area contributed by atoms with Crippen LogP contribution in [-0.2, 0) is 9.47 Å². The van der Waals surface area contributed by atoms with Gasteiger partial charge in [-0.3, -0.25) is 0 Å². The molecule has 0 N–H and O–H groups in total. The second kappa shape index (κ2) is 6.33. The molecule has 2 nitrogen and oxygen atoms in total. The Kier molecular flexibility index (Phi) is 5.93. The molecule has 98 valence electrons. The van der Waals surface area contributed by atoms with E-state index in [9.17, 15) is 0 Å². The van der Waals surface area contributed by atoms with Crippen molar-refractivity contribution in [3.05, 3.63) is 20.1 Å². The SMILES string of the molecule is CCOC(OCC)C1(Cl)C(Cl)=C(Cl)C(Cl)=C1Cl. The fourth-order valence-corrected chi connectivity index (χ4v) is 3.00.